The van der Waals surface area contributed by atoms with Gasteiger partial charge in [-0.3, -0.25) is 4.79 Å². The van der Waals surface area contributed by atoms with Crippen LogP contribution in [0, 0.1) is 12.8 Å². The summed E-state index contributed by atoms with van der Waals surface area (Å²) in [6.07, 6.45) is 0.678. The Kier molecular flexibility index (Phi) is 5.52. The summed E-state index contributed by atoms with van der Waals surface area (Å²) in [6.45, 7) is 2.95. The number of amides is 1. The van der Waals surface area contributed by atoms with Crippen LogP contribution in [0.25, 0.3) is 0 Å². The van der Waals surface area contributed by atoms with E-state index in [9.17, 15) is 4.79 Å². The fraction of sp³-hybridized carbons (Fsp3) is 0.278. The lowest BCUT2D eigenvalue weighted by molar-refractivity contribution is -0.124. The number of rotatable bonds is 6. The molecule has 2 aromatic rings. The van der Waals surface area contributed by atoms with Crippen LogP contribution in [0.5, 0.6) is 0 Å². The molecule has 0 saturated carbocycles. The summed E-state index contributed by atoms with van der Waals surface area (Å²) < 4.78 is 0. The molecular weight excluding hydrogens is 260 g/mol. The Morgan fingerprint density at radius 1 is 1.05 bits per heavy atom. The van der Waals surface area contributed by atoms with Crippen LogP contribution in [0.1, 0.15) is 16.7 Å². The Morgan fingerprint density at radius 3 is 2.33 bits per heavy atom. The summed E-state index contributed by atoms with van der Waals surface area (Å²) >= 11 is 0. The summed E-state index contributed by atoms with van der Waals surface area (Å²) in [4.78, 5) is 12.2. The molecule has 1 unspecified atom stereocenters. The Bertz CT molecular complexity index is 564. The van der Waals surface area contributed by atoms with Gasteiger partial charge in [0.05, 0.1) is 5.92 Å². The van der Waals surface area contributed by atoms with E-state index in [2.05, 4.69) is 5.32 Å². The third-order valence-electron chi connectivity index (χ3n) is 3.57. The molecule has 0 spiro atoms. The first-order valence-corrected chi connectivity index (χ1v) is 7.26. The van der Waals surface area contributed by atoms with E-state index in [1.54, 1.807) is 0 Å². The highest BCUT2D eigenvalue weighted by Gasteiger charge is 2.16. The zero-order valence-electron chi connectivity index (χ0n) is 12.4. The maximum absolute atomic E-state index is 12.2. The van der Waals surface area contributed by atoms with Gasteiger partial charge < -0.3 is 11.1 Å². The van der Waals surface area contributed by atoms with E-state index >= 15 is 0 Å². The molecule has 0 radical (unpaired) electrons. The zero-order chi connectivity index (χ0) is 15.1. The normalized spacial score (nSPS) is 11.9. The van der Waals surface area contributed by atoms with Gasteiger partial charge in [-0.15, -0.1) is 0 Å². The highest BCUT2D eigenvalue weighted by atomic mass is 16.1. The zero-order valence-corrected chi connectivity index (χ0v) is 12.4. The van der Waals surface area contributed by atoms with E-state index in [1.165, 1.54) is 5.56 Å². The topological polar surface area (TPSA) is 55.1 Å². The first-order chi connectivity index (χ1) is 10.2. The molecular formula is C18H22N2O. The molecule has 0 aliphatic carbocycles. The van der Waals surface area contributed by atoms with Crippen molar-refractivity contribution in [3.63, 3.8) is 0 Å². The van der Waals surface area contributed by atoms with Crippen molar-refractivity contribution in [2.75, 3.05) is 6.54 Å². The largest absolute Gasteiger partial charge is 0.352 e. The van der Waals surface area contributed by atoms with Gasteiger partial charge in [0, 0.05) is 13.1 Å². The molecule has 2 aromatic carbocycles. The highest BCUT2D eigenvalue weighted by Crippen LogP contribution is 2.09. The van der Waals surface area contributed by atoms with Gasteiger partial charge in [-0.05, 0) is 24.5 Å². The summed E-state index contributed by atoms with van der Waals surface area (Å²) in [6, 6.07) is 18.1. The third kappa shape index (κ3) is 4.72. The molecule has 110 valence electrons. The molecule has 0 aliphatic rings. The van der Waals surface area contributed by atoms with Crippen molar-refractivity contribution in [2.24, 2.45) is 11.7 Å². The predicted molar refractivity (Wildman–Crippen MR) is 85.7 cm³/mol. The van der Waals surface area contributed by atoms with Crippen LogP contribution in [0.2, 0.25) is 0 Å². The molecule has 0 aromatic heterocycles. The number of carbonyl (C=O) groups is 1. The van der Waals surface area contributed by atoms with Gasteiger partial charge in [0.1, 0.15) is 0 Å². The average Bonchev–Trinajstić information content (AvgIpc) is 2.52. The minimum Gasteiger partial charge on any atom is -0.352 e. The van der Waals surface area contributed by atoms with Gasteiger partial charge in [0.2, 0.25) is 5.91 Å². The minimum absolute atomic E-state index is 0.0157. The molecule has 3 N–H and O–H groups in total. The van der Waals surface area contributed by atoms with Crippen molar-refractivity contribution < 1.29 is 4.79 Å². The van der Waals surface area contributed by atoms with Crippen molar-refractivity contribution in [3.05, 3.63) is 71.3 Å². The van der Waals surface area contributed by atoms with E-state index in [0.717, 1.165) is 11.1 Å². The van der Waals surface area contributed by atoms with E-state index in [-0.39, 0.29) is 11.8 Å². The van der Waals surface area contributed by atoms with Crippen molar-refractivity contribution in [2.45, 2.75) is 19.9 Å². The fourth-order valence-corrected chi connectivity index (χ4v) is 2.22. The molecule has 0 saturated heterocycles. The average molecular weight is 282 g/mol. The van der Waals surface area contributed by atoms with Crippen LogP contribution < -0.4 is 11.1 Å². The number of aryl methyl sites for hydroxylation is 1. The second kappa shape index (κ2) is 7.60. The molecule has 3 nitrogen and oxygen atoms in total. The molecule has 1 amide bonds. The highest BCUT2D eigenvalue weighted by molar-refractivity contribution is 5.79. The molecule has 0 fully saturated rings. The molecule has 21 heavy (non-hydrogen) atoms. The quantitative estimate of drug-likeness (QED) is 0.855. The van der Waals surface area contributed by atoms with E-state index in [0.29, 0.717) is 19.5 Å². The number of hydrogen-bond acceptors (Lipinski definition) is 2. The standard InChI is InChI=1S/C18H22N2O/c1-14-7-9-16(10-8-14)13-20-18(21)17(12-19)11-15-5-3-2-4-6-15/h2-10,17H,11-13,19H2,1H3,(H,20,21). The van der Waals surface area contributed by atoms with Crippen molar-refractivity contribution in [1.82, 2.24) is 5.32 Å². The summed E-state index contributed by atoms with van der Waals surface area (Å²) in [5.74, 6) is -0.167. The molecule has 3 heteroatoms. The van der Waals surface area contributed by atoms with Crippen LogP contribution in [0.4, 0.5) is 0 Å². The minimum atomic E-state index is -0.183. The Hall–Kier alpha value is -2.13. The second-order valence-electron chi connectivity index (χ2n) is 5.33. The monoisotopic (exact) mass is 282 g/mol. The lowest BCUT2D eigenvalue weighted by Gasteiger charge is -2.15. The van der Waals surface area contributed by atoms with Gasteiger partial charge in [-0.1, -0.05) is 60.2 Å². The van der Waals surface area contributed by atoms with Gasteiger partial charge in [0.25, 0.3) is 0 Å². The second-order valence-corrected chi connectivity index (χ2v) is 5.33. The van der Waals surface area contributed by atoms with Crippen LogP contribution in [-0.2, 0) is 17.8 Å². The number of nitrogens with two attached hydrogens (primary N) is 1. The SMILES string of the molecule is Cc1ccc(CNC(=O)C(CN)Cc2ccccc2)cc1. The van der Waals surface area contributed by atoms with Crippen LogP contribution in [-0.4, -0.2) is 12.5 Å². The summed E-state index contributed by atoms with van der Waals surface area (Å²) in [5, 5.41) is 2.97. The number of nitrogens with one attached hydrogen (secondary N) is 1. The van der Waals surface area contributed by atoms with E-state index in [1.807, 2.05) is 61.5 Å². The lowest BCUT2D eigenvalue weighted by atomic mass is 9.98. The Balaban J connectivity index is 1.89. The number of carbonyl (C=O) groups excluding carboxylic acids is 1. The van der Waals surface area contributed by atoms with Gasteiger partial charge in [-0.25, -0.2) is 0 Å². The molecule has 0 aliphatic heterocycles. The molecule has 0 bridgehead atoms. The molecule has 0 heterocycles. The summed E-state index contributed by atoms with van der Waals surface area (Å²) in [7, 11) is 0. The first kappa shape index (κ1) is 15.3. The van der Waals surface area contributed by atoms with E-state index < -0.39 is 0 Å². The Labute approximate surface area is 126 Å². The lowest BCUT2D eigenvalue weighted by Crippen LogP contribution is -2.35. The van der Waals surface area contributed by atoms with E-state index in [4.69, 9.17) is 5.73 Å². The Morgan fingerprint density at radius 2 is 1.71 bits per heavy atom. The van der Waals surface area contributed by atoms with Gasteiger partial charge in [-0.2, -0.15) is 0 Å². The smallest absolute Gasteiger partial charge is 0.224 e. The van der Waals surface area contributed by atoms with Crippen molar-refractivity contribution in [1.29, 1.82) is 0 Å². The predicted octanol–water partition coefficient (Wildman–Crippen LogP) is 2.43. The van der Waals surface area contributed by atoms with Gasteiger partial charge >= 0.3 is 0 Å². The van der Waals surface area contributed by atoms with Crippen LogP contribution >= 0.6 is 0 Å². The molecule has 2 rings (SSSR count). The summed E-state index contributed by atoms with van der Waals surface area (Å²) in [5.41, 5.74) is 9.20. The first-order valence-electron chi connectivity index (χ1n) is 7.26. The van der Waals surface area contributed by atoms with Crippen LogP contribution in [0.3, 0.4) is 0 Å². The fourth-order valence-electron chi connectivity index (χ4n) is 2.22. The van der Waals surface area contributed by atoms with Gasteiger partial charge in [0.15, 0.2) is 0 Å². The maximum atomic E-state index is 12.2. The molecule has 1 atom stereocenters. The van der Waals surface area contributed by atoms with Crippen LogP contribution in [0.15, 0.2) is 54.6 Å². The third-order valence-corrected chi connectivity index (χ3v) is 3.57. The number of benzene rings is 2. The van der Waals surface area contributed by atoms with Crippen molar-refractivity contribution >= 4 is 5.91 Å². The number of hydrogen-bond donors (Lipinski definition) is 2. The maximum Gasteiger partial charge on any atom is 0.224 e. The van der Waals surface area contributed by atoms with Crippen molar-refractivity contribution in [3.8, 4) is 0 Å².